The predicted octanol–water partition coefficient (Wildman–Crippen LogP) is 3.28. The Bertz CT molecular complexity index is 803. The maximum atomic E-state index is 14.1. The molecule has 2 aromatic rings. The second kappa shape index (κ2) is 6.63. The maximum absolute atomic E-state index is 14.1. The molecule has 124 valence electrons. The summed E-state index contributed by atoms with van der Waals surface area (Å²) in [5.41, 5.74) is 0.732. The van der Waals surface area contributed by atoms with Crippen molar-refractivity contribution in [2.45, 2.75) is 25.1 Å². The van der Waals surface area contributed by atoms with Gasteiger partial charge in [-0.05, 0) is 42.3 Å². The zero-order valence-electron chi connectivity index (χ0n) is 12.7. The van der Waals surface area contributed by atoms with Crippen LogP contribution in [0.4, 0.5) is 13.2 Å². The fourth-order valence-corrected chi connectivity index (χ4v) is 3.13. The summed E-state index contributed by atoms with van der Waals surface area (Å²) in [6.45, 7) is 0.544. The highest BCUT2D eigenvalue weighted by Gasteiger charge is 2.33. The number of β-amino-alcohol motifs (C(OH)–C–C–N with tert-alkyl or cyclic N) is 1. The lowest BCUT2D eigenvalue weighted by atomic mass is 10.0. The SMILES string of the molecule is N#Cc1ccc(CN2C[C@H](O)C[C@@H]2c2cc(F)ccc2F)cc1F. The van der Waals surface area contributed by atoms with Crippen molar-refractivity contribution < 1.29 is 18.3 Å². The average molecular weight is 332 g/mol. The number of rotatable bonds is 3. The molecule has 1 fully saturated rings. The summed E-state index contributed by atoms with van der Waals surface area (Å²) >= 11 is 0. The van der Waals surface area contributed by atoms with E-state index in [0.717, 1.165) is 18.2 Å². The van der Waals surface area contributed by atoms with Gasteiger partial charge >= 0.3 is 0 Å². The van der Waals surface area contributed by atoms with E-state index in [9.17, 15) is 18.3 Å². The molecule has 1 aliphatic rings. The average Bonchev–Trinajstić information content (AvgIpc) is 2.90. The minimum Gasteiger partial charge on any atom is -0.392 e. The number of aliphatic hydroxyl groups is 1. The van der Waals surface area contributed by atoms with Crippen molar-refractivity contribution in [2.24, 2.45) is 0 Å². The Morgan fingerprint density at radius 1 is 1.12 bits per heavy atom. The maximum Gasteiger partial charge on any atom is 0.141 e. The molecule has 2 atom stereocenters. The summed E-state index contributed by atoms with van der Waals surface area (Å²) in [7, 11) is 0. The molecule has 0 radical (unpaired) electrons. The van der Waals surface area contributed by atoms with E-state index in [1.54, 1.807) is 17.0 Å². The molecule has 0 aliphatic carbocycles. The Kier molecular flexibility index (Phi) is 4.56. The lowest BCUT2D eigenvalue weighted by Gasteiger charge is -2.25. The van der Waals surface area contributed by atoms with E-state index in [1.807, 2.05) is 0 Å². The van der Waals surface area contributed by atoms with Crippen molar-refractivity contribution in [1.82, 2.24) is 4.90 Å². The van der Waals surface area contributed by atoms with Gasteiger partial charge < -0.3 is 5.11 Å². The van der Waals surface area contributed by atoms with E-state index >= 15 is 0 Å². The molecule has 1 aliphatic heterocycles. The molecule has 0 unspecified atom stereocenters. The lowest BCUT2D eigenvalue weighted by Crippen LogP contribution is -2.25. The van der Waals surface area contributed by atoms with E-state index in [-0.39, 0.29) is 30.6 Å². The first-order chi connectivity index (χ1) is 11.5. The van der Waals surface area contributed by atoms with Gasteiger partial charge in [0.1, 0.15) is 23.5 Å². The molecule has 0 spiro atoms. The molecular formula is C18H15F3N2O. The Labute approximate surface area is 137 Å². The van der Waals surface area contributed by atoms with Crippen molar-refractivity contribution in [2.75, 3.05) is 6.54 Å². The van der Waals surface area contributed by atoms with Crippen LogP contribution < -0.4 is 0 Å². The van der Waals surface area contributed by atoms with Gasteiger partial charge in [0, 0.05) is 24.7 Å². The summed E-state index contributed by atoms with van der Waals surface area (Å²) in [5.74, 6) is -1.70. The Morgan fingerprint density at radius 3 is 2.62 bits per heavy atom. The largest absolute Gasteiger partial charge is 0.392 e. The van der Waals surface area contributed by atoms with Crippen LogP contribution in [-0.2, 0) is 6.54 Å². The van der Waals surface area contributed by atoms with Crippen LogP contribution in [0.3, 0.4) is 0 Å². The van der Waals surface area contributed by atoms with E-state index in [2.05, 4.69) is 0 Å². The van der Waals surface area contributed by atoms with Gasteiger partial charge in [0.05, 0.1) is 11.7 Å². The van der Waals surface area contributed by atoms with E-state index in [0.29, 0.717) is 5.56 Å². The van der Waals surface area contributed by atoms with Crippen LogP contribution in [0, 0.1) is 28.8 Å². The number of hydrogen-bond acceptors (Lipinski definition) is 3. The third-order valence-electron chi connectivity index (χ3n) is 4.24. The minimum atomic E-state index is -0.666. The summed E-state index contributed by atoms with van der Waals surface area (Å²) in [6, 6.07) is 8.75. The van der Waals surface area contributed by atoms with Crippen molar-refractivity contribution >= 4 is 0 Å². The fraction of sp³-hybridized carbons (Fsp3) is 0.278. The molecule has 0 saturated carbocycles. The molecule has 1 N–H and O–H groups in total. The third-order valence-corrected chi connectivity index (χ3v) is 4.24. The van der Waals surface area contributed by atoms with Crippen LogP contribution in [-0.4, -0.2) is 22.7 Å². The summed E-state index contributed by atoms with van der Waals surface area (Å²) in [6.07, 6.45) is -0.389. The number of nitrogens with zero attached hydrogens (tertiary/aromatic N) is 2. The lowest BCUT2D eigenvalue weighted by molar-refractivity contribution is 0.172. The molecule has 1 saturated heterocycles. The molecule has 3 nitrogen and oxygen atoms in total. The highest BCUT2D eigenvalue weighted by molar-refractivity contribution is 5.33. The highest BCUT2D eigenvalue weighted by Crippen LogP contribution is 2.35. The number of hydrogen-bond donors (Lipinski definition) is 1. The summed E-state index contributed by atoms with van der Waals surface area (Å²) in [5, 5.41) is 18.7. The first kappa shape index (κ1) is 16.5. The zero-order valence-corrected chi connectivity index (χ0v) is 12.7. The third kappa shape index (κ3) is 3.28. The van der Waals surface area contributed by atoms with Gasteiger partial charge in [-0.15, -0.1) is 0 Å². The number of benzene rings is 2. The van der Waals surface area contributed by atoms with Gasteiger partial charge in [0.25, 0.3) is 0 Å². The van der Waals surface area contributed by atoms with E-state index < -0.39 is 29.6 Å². The summed E-state index contributed by atoms with van der Waals surface area (Å²) in [4.78, 5) is 1.78. The molecule has 24 heavy (non-hydrogen) atoms. The summed E-state index contributed by atoms with van der Waals surface area (Å²) < 4.78 is 41.3. The van der Waals surface area contributed by atoms with Gasteiger partial charge in [0.2, 0.25) is 0 Å². The number of aliphatic hydroxyl groups excluding tert-OH is 1. The van der Waals surface area contributed by atoms with Crippen molar-refractivity contribution in [1.29, 1.82) is 5.26 Å². The first-order valence-electron chi connectivity index (χ1n) is 7.53. The molecule has 0 bridgehead atoms. The second-order valence-electron chi connectivity index (χ2n) is 5.93. The smallest absolute Gasteiger partial charge is 0.141 e. The normalized spacial score (nSPS) is 21.0. The number of likely N-dealkylation sites (tertiary alicyclic amines) is 1. The number of nitriles is 1. The van der Waals surface area contributed by atoms with E-state index in [4.69, 9.17) is 5.26 Å². The van der Waals surface area contributed by atoms with Gasteiger partial charge in [-0.2, -0.15) is 5.26 Å². The molecule has 3 rings (SSSR count). The highest BCUT2D eigenvalue weighted by atomic mass is 19.1. The zero-order chi connectivity index (χ0) is 17.3. The molecule has 1 heterocycles. The second-order valence-corrected chi connectivity index (χ2v) is 5.93. The van der Waals surface area contributed by atoms with Crippen LogP contribution in [0.2, 0.25) is 0 Å². The Morgan fingerprint density at radius 2 is 1.92 bits per heavy atom. The molecular weight excluding hydrogens is 317 g/mol. The standard InChI is InChI=1S/C18H15F3N2O/c19-13-3-4-16(20)15(6-13)18-7-14(24)10-23(18)9-11-1-2-12(8-22)17(21)5-11/h1-6,14,18,24H,7,9-10H2/t14-,18-/m1/s1. The topological polar surface area (TPSA) is 47.3 Å². The minimum absolute atomic E-state index is 0.0482. The Balaban J connectivity index is 1.87. The van der Waals surface area contributed by atoms with Crippen LogP contribution in [0.1, 0.15) is 29.2 Å². The quantitative estimate of drug-likeness (QED) is 0.938. The Hall–Kier alpha value is -2.36. The van der Waals surface area contributed by atoms with Crippen molar-refractivity contribution in [3.8, 4) is 6.07 Å². The van der Waals surface area contributed by atoms with Gasteiger partial charge in [-0.25, -0.2) is 13.2 Å². The predicted molar refractivity (Wildman–Crippen MR) is 81.2 cm³/mol. The van der Waals surface area contributed by atoms with Crippen LogP contribution >= 0.6 is 0 Å². The molecule has 6 heteroatoms. The van der Waals surface area contributed by atoms with E-state index in [1.165, 1.54) is 12.1 Å². The number of halogens is 3. The van der Waals surface area contributed by atoms with Gasteiger partial charge in [0.15, 0.2) is 0 Å². The first-order valence-corrected chi connectivity index (χ1v) is 7.53. The van der Waals surface area contributed by atoms with Crippen molar-refractivity contribution in [3.63, 3.8) is 0 Å². The monoisotopic (exact) mass is 332 g/mol. The molecule has 2 aromatic carbocycles. The van der Waals surface area contributed by atoms with Crippen molar-refractivity contribution in [3.05, 3.63) is 70.5 Å². The molecule has 0 aromatic heterocycles. The van der Waals surface area contributed by atoms with Crippen LogP contribution in [0.5, 0.6) is 0 Å². The van der Waals surface area contributed by atoms with Gasteiger partial charge in [-0.3, -0.25) is 4.90 Å². The van der Waals surface area contributed by atoms with Gasteiger partial charge in [-0.1, -0.05) is 6.07 Å². The van der Waals surface area contributed by atoms with Crippen LogP contribution in [0.15, 0.2) is 36.4 Å². The van der Waals surface area contributed by atoms with Crippen LogP contribution in [0.25, 0.3) is 0 Å². The molecule has 0 amide bonds. The fourth-order valence-electron chi connectivity index (χ4n) is 3.13.